The Morgan fingerprint density at radius 1 is 1.22 bits per heavy atom. The van der Waals surface area contributed by atoms with Gasteiger partial charge in [0.15, 0.2) is 0 Å². The van der Waals surface area contributed by atoms with E-state index in [9.17, 15) is 0 Å². The topological polar surface area (TPSA) is 38.0 Å². The van der Waals surface area contributed by atoms with Crippen molar-refractivity contribution >= 4 is 0 Å². The van der Waals surface area contributed by atoms with E-state index >= 15 is 0 Å². The summed E-state index contributed by atoms with van der Waals surface area (Å²) < 4.78 is 0. The average Bonchev–Trinajstić information content (AvgIpc) is 2.88. The first-order valence-corrected chi connectivity index (χ1v) is 7.86. The molecule has 2 bridgehead atoms. The highest BCUT2D eigenvalue weighted by Crippen LogP contribution is 2.50. The monoisotopic (exact) mass is 252 g/mol. The summed E-state index contributed by atoms with van der Waals surface area (Å²) in [6, 6.07) is 0.517. The summed E-state index contributed by atoms with van der Waals surface area (Å²) in [4.78, 5) is 0. The molecule has 106 valence electrons. The lowest BCUT2D eigenvalue weighted by Gasteiger charge is -2.33. The Morgan fingerprint density at radius 2 is 1.94 bits per heavy atom. The van der Waals surface area contributed by atoms with Crippen LogP contribution in [0.4, 0.5) is 0 Å². The first-order valence-electron chi connectivity index (χ1n) is 7.86. The number of hydrogen-bond donors (Lipinski definition) is 2. The molecule has 2 aliphatic rings. The maximum Gasteiger partial charge on any atom is 0.0216 e. The molecule has 0 heterocycles. The zero-order chi connectivity index (χ0) is 13.3. The molecule has 2 heteroatoms. The standard InChI is InChI=1S/C16H32N2/c1-11(16(2,3)4)7-15(18-17)10-14-9-12-5-6-13(14)8-12/h11-15,18H,5-10,17H2,1-4H3. The van der Waals surface area contributed by atoms with Crippen LogP contribution in [0.3, 0.4) is 0 Å². The van der Waals surface area contributed by atoms with Gasteiger partial charge in [0.25, 0.3) is 0 Å². The van der Waals surface area contributed by atoms with Crippen LogP contribution in [-0.4, -0.2) is 6.04 Å². The SMILES string of the molecule is CC(CC(CC1CC2CCC1C2)NN)C(C)(C)C. The van der Waals surface area contributed by atoms with Crippen molar-refractivity contribution in [3.8, 4) is 0 Å². The Morgan fingerprint density at radius 3 is 2.39 bits per heavy atom. The summed E-state index contributed by atoms with van der Waals surface area (Å²) in [7, 11) is 0. The molecule has 3 N–H and O–H groups in total. The van der Waals surface area contributed by atoms with Crippen LogP contribution in [0.1, 0.15) is 66.2 Å². The predicted molar refractivity (Wildman–Crippen MR) is 77.9 cm³/mol. The van der Waals surface area contributed by atoms with Gasteiger partial charge < -0.3 is 0 Å². The minimum Gasteiger partial charge on any atom is -0.271 e. The van der Waals surface area contributed by atoms with Crippen molar-refractivity contribution in [2.75, 3.05) is 0 Å². The summed E-state index contributed by atoms with van der Waals surface area (Å²) >= 11 is 0. The first kappa shape index (κ1) is 14.3. The Bertz CT molecular complexity index is 269. The van der Waals surface area contributed by atoms with Crippen molar-refractivity contribution in [1.82, 2.24) is 5.43 Å². The summed E-state index contributed by atoms with van der Waals surface area (Å²) in [5.74, 6) is 9.54. The molecule has 0 aromatic heterocycles. The molecule has 0 amide bonds. The fourth-order valence-electron chi connectivity index (χ4n) is 4.04. The van der Waals surface area contributed by atoms with E-state index in [1.165, 1.54) is 38.5 Å². The van der Waals surface area contributed by atoms with E-state index < -0.39 is 0 Å². The highest BCUT2D eigenvalue weighted by atomic mass is 15.2. The third-order valence-electron chi connectivity index (χ3n) is 5.82. The summed E-state index contributed by atoms with van der Waals surface area (Å²) in [6.07, 6.45) is 8.50. The van der Waals surface area contributed by atoms with E-state index in [2.05, 4.69) is 33.1 Å². The van der Waals surface area contributed by atoms with Crippen molar-refractivity contribution in [3.05, 3.63) is 0 Å². The Kier molecular flexibility index (Phi) is 4.38. The van der Waals surface area contributed by atoms with Crippen molar-refractivity contribution in [1.29, 1.82) is 0 Å². The van der Waals surface area contributed by atoms with Gasteiger partial charge in [0.2, 0.25) is 0 Å². The second-order valence-electron chi connectivity index (χ2n) is 8.04. The molecule has 0 saturated heterocycles. The van der Waals surface area contributed by atoms with E-state index in [0.717, 1.165) is 23.7 Å². The van der Waals surface area contributed by atoms with Crippen LogP contribution in [0, 0.1) is 29.1 Å². The van der Waals surface area contributed by atoms with Gasteiger partial charge in [0, 0.05) is 6.04 Å². The van der Waals surface area contributed by atoms with Gasteiger partial charge in [-0.2, -0.15) is 0 Å². The van der Waals surface area contributed by atoms with Crippen molar-refractivity contribution in [2.45, 2.75) is 72.3 Å². The molecule has 0 aliphatic heterocycles. The lowest BCUT2D eigenvalue weighted by molar-refractivity contribution is 0.197. The predicted octanol–water partition coefficient (Wildman–Crippen LogP) is 3.72. The molecule has 18 heavy (non-hydrogen) atoms. The van der Waals surface area contributed by atoms with Gasteiger partial charge in [0.1, 0.15) is 0 Å². The Balaban J connectivity index is 1.82. The van der Waals surface area contributed by atoms with Gasteiger partial charge >= 0.3 is 0 Å². The molecular weight excluding hydrogens is 220 g/mol. The molecule has 2 nitrogen and oxygen atoms in total. The van der Waals surface area contributed by atoms with Gasteiger partial charge in [-0.25, -0.2) is 0 Å². The maximum atomic E-state index is 5.79. The quantitative estimate of drug-likeness (QED) is 0.578. The highest BCUT2D eigenvalue weighted by Gasteiger charge is 2.40. The van der Waals surface area contributed by atoms with Crippen LogP contribution < -0.4 is 11.3 Å². The zero-order valence-corrected chi connectivity index (χ0v) is 12.7. The van der Waals surface area contributed by atoms with Crippen LogP contribution in [0.2, 0.25) is 0 Å². The van der Waals surface area contributed by atoms with Crippen molar-refractivity contribution < 1.29 is 0 Å². The molecule has 2 aliphatic carbocycles. The largest absolute Gasteiger partial charge is 0.271 e. The second kappa shape index (κ2) is 5.50. The van der Waals surface area contributed by atoms with E-state index in [-0.39, 0.29) is 0 Å². The fourth-order valence-corrected chi connectivity index (χ4v) is 4.04. The van der Waals surface area contributed by atoms with Gasteiger partial charge in [-0.15, -0.1) is 0 Å². The zero-order valence-electron chi connectivity index (χ0n) is 12.7. The van der Waals surface area contributed by atoms with Gasteiger partial charge in [-0.05, 0) is 61.2 Å². The number of hydrogen-bond acceptors (Lipinski definition) is 2. The van der Waals surface area contributed by atoms with Crippen molar-refractivity contribution in [3.63, 3.8) is 0 Å². The molecule has 2 saturated carbocycles. The van der Waals surface area contributed by atoms with E-state index in [0.29, 0.717) is 11.5 Å². The molecule has 0 radical (unpaired) electrons. The molecule has 0 spiro atoms. The minimum absolute atomic E-state index is 0.393. The van der Waals surface area contributed by atoms with Gasteiger partial charge in [0.05, 0.1) is 0 Å². The van der Waals surface area contributed by atoms with Crippen molar-refractivity contribution in [2.24, 2.45) is 34.9 Å². The van der Waals surface area contributed by atoms with Crippen LogP contribution in [0.15, 0.2) is 0 Å². The normalized spacial score (nSPS) is 34.8. The van der Waals surface area contributed by atoms with Crippen LogP contribution >= 0.6 is 0 Å². The second-order valence-corrected chi connectivity index (χ2v) is 8.04. The van der Waals surface area contributed by atoms with Gasteiger partial charge in [-0.1, -0.05) is 34.1 Å². The van der Waals surface area contributed by atoms with Crippen LogP contribution in [-0.2, 0) is 0 Å². The summed E-state index contributed by atoms with van der Waals surface area (Å²) in [6.45, 7) is 9.37. The number of hydrazine groups is 1. The molecule has 2 fully saturated rings. The molecular formula is C16H32N2. The molecule has 0 aromatic rings. The Hall–Kier alpha value is -0.0800. The molecule has 5 atom stereocenters. The van der Waals surface area contributed by atoms with Crippen LogP contribution in [0.5, 0.6) is 0 Å². The Labute approximate surface area is 113 Å². The molecule has 0 aromatic carbocycles. The highest BCUT2D eigenvalue weighted by molar-refractivity contribution is 4.92. The smallest absolute Gasteiger partial charge is 0.0216 e. The number of rotatable bonds is 5. The van der Waals surface area contributed by atoms with Gasteiger partial charge in [-0.3, -0.25) is 11.3 Å². The summed E-state index contributed by atoms with van der Waals surface area (Å²) in [5.41, 5.74) is 3.48. The third-order valence-corrected chi connectivity index (χ3v) is 5.82. The third kappa shape index (κ3) is 3.27. The lowest BCUT2D eigenvalue weighted by atomic mass is 9.76. The molecule has 5 unspecified atom stereocenters. The van der Waals surface area contributed by atoms with Crippen LogP contribution in [0.25, 0.3) is 0 Å². The first-order chi connectivity index (χ1) is 8.40. The maximum absolute atomic E-state index is 5.79. The van der Waals surface area contributed by atoms with E-state index in [1.54, 1.807) is 0 Å². The fraction of sp³-hybridized carbons (Fsp3) is 1.00. The minimum atomic E-state index is 0.393. The number of fused-ring (bicyclic) bond motifs is 2. The number of nitrogens with one attached hydrogen (secondary N) is 1. The van der Waals surface area contributed by atoms with E-state index in [1.807, 2.05) is 0 Å². The average molecular weight is 252 g/mol. The number of nitrogens with two attached hydrogens (primary N) is 1. The summed E-state index contributed by atoms with van der Waals surface area (Å²) in [5, 5.41) is 0. The lowest BCUT2D eigenvalue weighted by Crippen LogP contribution is -2.40. The van der Waals surface area contributed by atoms with E-state index in [4.69, 9.17) is 5.84 Å². The molecule has 2 rings (SSSR count).